The van der Waals surface area contributed by atoms with Gasteiger partial charge in [-0.25, -0.2) is 0 Å². The summed E-state index contributed by atoms with van der Waals surface area (Å²) in [5.41, 5.74) is 1.22. The Bertz CT molecular complexity index is 308. The lowest BCUT2D eigenvalue weighted by molar-refractivity contribution is 0.647. The van der Waals surface area contributed by atoms with Gasteiger partial charge in [-0.3, -0.25) is 0 Å². The van der Waals surface area contributed by atoms with Crippen LogP contribution in [-0.2, 0) is 0 Å². The fourth-order valence-corrected chi connectivity index (χ4v) is 2.36. The van der Waals surface area contributed by atoms with Gasteiger partial charge < -0.3 is 5.32 Å². The third-order valence-corrected chi connectivity index (χ3v) is 3.23. The molecule has 0 aromatic heterocycles. The Balaban J connectivity index is 2.32. The molecule has 1 N–H and O–H groups in total. The van der Waals surface area contributed by atoms with Crippen LogP contribution in [0.5, 0.6) is 0 Å². The van der Waals surface area contributed by atoms with Crippen LogP contribution < -0.4 is 5.32 Å². The lowest BCUT2D eigenvalue weighted by Gasteiger charge is -2.12. The van der Waals surface area contributed by atoms with E-state index in [9.17, 15) is 0 Å². The van der Waals surface area contributed by atoms with Crippen LogP contribution in [0.1, 0.15) is 24.4 Å². The van der Waals surface area contributed by atoms with Gasteiger partial charge in [-0.1, -0.05) is 27.5 Å². The minimum Gasteiger partial charge on any atom is -0.310 e. The summed E-state index contributed by atoms with van der Waals surface area (Å²) >= 11 is 9.57. The van der Waals surface area contributed by atoms with Crippen molar-refractivity contribution in [2.24, 2.45) is 0 Å². The van der Waals surface area contributed by atoms with Gasteiger partial charge in [0.2, 0.25) is 0 Å². The van der Waals surface area contributed by atoms with Crippen LogP contribution >= 0.6 is 27.5 Å². The molecule has 1 aromatic rings. The molecule has 2 rings (SSSR count). The van der Waals surface area contributed by atoms with Crippen LogP contribution in [0.2, 0.25) is 5.02 Å². The lowest BCUT2D eigenvalue weighted by atomic mass is 10.1. The van der Waals surface area contributed by atoms with E-state index in [0.717, 1.165) is 16.0 Å². The number of hydrogen-bond acceptors (Lipinski definition) is 1. The third-order valence-electron chi connectivity index (χ3n) is 2.39. The van der Waals surface area contributed by atoms with Crippen LogP contribution in [0, 0.1) is 0 Å². The lowest BCUT2D eigenvalue weighted by Crippen LogP contribution is -2.13. The Hall–Kier alpha value is -0.0500. The fourth-order valence-electron chi connectivity index (χ4n) is 1.73. The van der Waals surface area contributed by atoms with Crippen molar-refractivity contribution in [3.8, 4) is 0 Å². The second-order valence-electron chi connectivity index (χ2n) is 3.31. The Morgan fingerprint density at radius 1 is 1.46 bits per heavy atom. The van der Waals surface area contributed by atoms with Crippen molar-refractivity contribution in [3.63, 3.8) is 0 Å². The second kappa shape index (κ2) is 3.99. The summed E-state index contributed by atoms with van der Waals surface area (Å²) in [5.74, 6) is 0. The minimum absolute atomic E-state index is 0.449. The molecule has 0 spiro atoms. The second-order valence-corrected chi connectivity index (χ2v) is 4.64. The number of halogens is 2. The van der Waals surface area contributed by atoms with E-state index >= 15 is 0 Å². The topological polar surface area (TPSA) is 12.0 Å². The highest BCUT2D eigenvalue weighted by atomic mass is 79.9. The quantitative estimate of drug-likeness (QED) is 0.814. The van der Waals surface area contributed by atoms with Gasteiger partial charge in [-0.05, 0) is 43.1 Å². The maximum absolute atomic E-state index is 6.12. The van der Waals surface area contributed by atoms with Gasteiger partial charge in [0.15, 0.2) is 0 Å². The first kappa shape index (κ1) is 9.50. The summed E-state index contributed by atoms with van der Waals surface area (Å²) in [7, 11) is 0. The Morgan fingerprint density at radius 2 is 2.31 bits per heavy atom. The molecule has 1 atom stereocenters. The zero-order valence-electron chi connectivity index (χ0n) is 7.19. The maximum atomic E-state index is 6.12. The Morgan fingerprint density at radius 3 is 3.00 bits per heavy atom. The van der Waals surface area contributed by atoms with Crippen molar-refractivity contribution < 1.29 is 0 Å². The molecular formula is C10H11BrClN. The molecule has 0 aliphatic carbocycles. The molecule has 3 heteroatoms. The van der Waals surface area contributed by atoms with Crippen LogP contribution in [0.4, 0.5) is 0 Å². The van der Waals surface area contributed by atoms with Crippen molar-refractivity contribution in [1.82, 2.24) is 5.32 Å². The SMILES string of the molecule is Clc1ccc(Br)cc1[C@@H]1CCCN1. The predicted octanol–water partition coefficient (Wildman–Crippen LogP) is 3.53. The van der Waals surface area contributed by atoms with Crippen LogP contribution in [0.25, 0.3) is 0 Å². The van der Waals surface area contributed by atoms with E-state index in [1.165, 1.54) is 18.4 Å². The van der Waals surface area contributed by atoms with E-state index in [1.807, 2.05) is 12.1 Å². The number of nitrogens with one attached hydrogen (secondary N) is 1. The van der Waals surface area contributed by atoms with Crippen LogP contribution in [-0.4, -0.2) is 6.54 Å². The van der Waals surface area contributed by atoms with E-state index in [0.29, 0.717) is 6.04 Å². The van der Waals surface area contributed by atoms with E-state index in [4.69, 9.17) is 11.6 Å². The molecule has 0 bridgehead atoms. The highest BCUT2D eigenvalue weighted by Gasteiger charge is 2.18. The molecule has 1 aromatic carbocycles. The molecule has 0 radical (unpaired) electrons. The van der Waals surface area contributed by atoms with E-state index in [2.05, 4.69) is 27.3 Å². The average Bonchev–Trinajstić information content (AvgIpc) is 2.61. The number of rotatable bonds is 1. The molecule has 1 fully saturated rings. The molecule has 1 aliphatic heterocycles. The Kier molecular flexibility index (Phi) is 2.92. The molecular weight excluding hydrogens is 249 g/mol. The van der Waals surface area contributed by atoms with Gasteiger partial charge in [0.05, 0.1) is 0 Å². The molecule has 1 heterocycles. The van der Waals surface area contributed by atoms with Gasteiger partial charge in [-0.15, -0.1) is 0 Å². The normalized spacial score (nSPS) is 22.2. The summed E-state index contributed by atoms with van der Waals surface area (Å²) in [6, 6.07) is 6.47. The van der Waals surface area contributed by atoms with Crippen LogP contribution in [0.15, 0.2) is 22.7 Å². The van der Waals surface area contributed by atoms with Gasteiger partial charge in [0.25, 0.3) is 0 Å². The number of benzene rings is 1. The zero-order valence-corrected chi connectivity index (χ0v) is 9.53. The third kappa shape index (κ3) is 2.06. The summed E-state index contributed by atoms with van der Waals surface area (Å²) in [6.45, 7) is 1.10. The molecule has 1 aliphatic rings. The maximum Gasteiger partial charge on any atom is 0.0454 e. The van der Waals surface area contributed by atoms with Crippen molar-refractivity contribution in [3.05, 3.63) is 33.3 Å². The molecule has 70 valence electrons. The highest BCUT2D eigenvalue weighted by molar-refractivity contribution is 9.10. The standard InChI is InChI=1S/C10H11BrClN/c11-7-3-4-9(12)8(6-7)10-2-1-5-13-10/h3-4,6,10,13H,1-2,5H2/t10-/m0/s1. The average molecular weight is 261 g/mol. The van der Waals surface area contributed by atoms with Gasteiger partial charge >= 0.3 is 0 Å². The monoisotopic (exact) mass is 259 g/mol. The van der Waals surface area contributed by atoms with Crippen molar-refractivity contribution >= 4 is 27.5 Å². The van der Waals surface area contributed by atoms with Crippen molar-refractivity contribution in [2.75, 3.05) is 6.54 Å². The zero-order chi connectivity index (χ0) is 9.26. The fraction of sp³-hybridized carbons (Fsp3) is 0.400. The molecule has 1 saturated heterocycles. The molecule has 0 saturated carbocycles. The van der Waals surface area contributed by atoms with E-state index in [1.54, 1.807) is 0 Å². The van der Waals surface area contributed by atoms with Crippen LogP contribution in [0.3, 0.4) is 0 Å². The molecule has 13 heavy (non-hydrogen) atoms. The first-order valence-electron chi connectivity index (χ1n) is 4.46. The summed E-state index contributed by atoms with van der Waals surface area (Å²) in [5, 5.41) is 4.30. The van der Waals surface area contributed by atoms with E-state index in [-0.39, 0.29) is 0 Å². The predicted molar refractivity (Wildman–Crippen MR) is 59.1 cm³/mol. The van der Waals surface area contributed by atoms with Gasteiger partial charge in [-0.2, -0.15) is 0 Å². The van der Waals surface area contributed by atoms with Crippen molar-refractivity contribution in [2.45, 2.75) is 18.9 Å². The van der Waals surface area contributed by atoms with Gasteiger partial charge in [0, 0.05) is 15.5 Å². The summed E-state index contributed by atoms with van der Waals surface area (Å²) < 4.78 is 1.10. The summed E-state index contributed by atoms with van der Waals surface area (Å²) in [6.07, 6.45) is 2.43. The smallest absolute Gasteiger partial charge is 0.0454 e. The molecule has 0 amide bonds. The minimum atomic E-state index is 0.449. The highest BCUT2D eigenvalue weighted by Crippen LogP contribution is 2.31. The molecule has 1 nitrogen and oxygen atoms in total. The first-order chi connectivity index (χ1) is 6.27. The van der Waals surface area contributed by atoms with Crippen molar-refractivity contribution in [1.29, 1.82) is 0 Å². The van der Waals surface area contributed by atoms with E-state index < -0.39 is 0 Å². The molecule has 0 unspecified atom stereocenters. The Labute approximate surface area is 91.6 Å². The number of hydrogen-bond donors (Lipinski definition) is 1. The summed E-state index contributed by atoms with van der Waals surface area (Å²) in [4.78, 5) is 0. The first-order valence-corrected chi connectivity index (χ1v) is 5.63. The van der Waals surface area contributed by atoms with Gasteiger partial charge in [0.1, 0.15) is 0 Å². The largest absolute Gasteiger partial charge is 0.310 e.